The number of hydrogen-bond acceptors (Lipinski definition) is 3. The zero-order valence-electron chi connectivity index (χ0n) is 12.5. The number of hydrogen-bond donors (Lipinski definition) is 2. The predicted molar refractivity (Wildman–Crippen MR) is 88.0 cm³/mol. The van der Waals surface area contributed by atoms with Crippen LogP contribution >= 0.6 is 15.9 Å². The highest BCUT2D eigenvalue weighted by molar-refractivity contribution is 9.10. The highest BCUT2D eigenvalue weighted by Gasteiger charge is 2.18. The van der Waals surface area contributed by atoms with Gasteiger partial charge in [0.05, 0.1) is 6.54 Å². The number of carbonyl (C=O) groups is 2. The molecule has 116 valence electrons. The van der Waals surface area contributed by atoms with Gasteiger partial charge in [-0.25, -0.2) is 0 Å². The van der Waals surface area contributed by atoms with Gasteiger partial charge in [-0.2, -0.15) is 0 Å². The fraction of sp³-hybridized carbons (Fsp3) is 0.467. The number of benzene rings is 1. The van der Waals surface area contributed by atoms with Crippen LogP contribution in [0.3, 0.4) is 0 Å². The SMILES string of the molecule is CCCNC(=O)CN(CCC)C(=O)c1ccc(N)c(Br)c1. The van der Waals surface area contributed by atoms with E-state index in [1.165, 1.54) is 0 Å². The lowest BCUT2D eigenvalue weighted by Gasteiger charge is -2.22. The largest absolute Gasteiger partial charge is 0.398 e. The molecule has 0 saturated heterocycles. The third-order valence-corrected chi connectivity index (χ3v) is 3.62. The molecule has 0 spiro atoms. The highest BCUT2D eigenvalue weighted by Crippen LogP contribution is 2.21. The molecule has 0 bridgehead atoms. The highest BCUT2D eigenvalue weighted by atomic mass is 79.9. The van der Waals surface area contributed by atoms with Crippen molar-refractivity contribution in [3.05, 3.63) is 28.2 Å². The van der Waals surface area contributed by atoms with E-state index in [1.807, 2.05) is 13.8 Å². The van der Waals surface area contributed by atoms with Crippen LogP contribution in [0.4, 0.5) is 5.69 Å². The second-order valence-corrected chi connectivity index (χ2v) is 5.67. The number of anilines is 1. The summed E-state index contributed by atoms with van der Waals surface area (Å²) in [7, 11) is 0. The average molecular weight is 356 g/mol. The lowest BCUT2D eigenvalue weighted by atomic mass is 10.1. The number of carbonyl (C=O) groups excluding carboxylic acids is 2. The molecule has 1 rings (SSSR count). The number of amides is 2. The van der Waals surface area contributed by atoms with Crippen molar-refractivity contribution in [3.8, 4) is 0 Å². The molecular weight excluding hydrogens is 334 g/mol. The van der Waals surface area contributed by atoms with Gasteiger partial charge in [0.15, 0.2) is 0 Å². The van der Waals surface area contributed by atoms with Gasteiger partial charge in [0.1, 0.15) is 0 Å². The number of nitrogens with two attached hydrogens (primary N) is 1. The van der Waals surface area contributed by atoms with E-state index in [2.05, 4.69) is 21.2 Å². The van der Waals surface area contributed by atoms with Gasteiger partial charge < -0.3 is 16.0 Å². The van der Waals surface area contributed by atoms with Crippen molar-refractivity contribution in [3.63, 3.8) is 0 Å². The Bertz CT molecular complexity index is 506. The van der Waals surface area contributed by atoms with E-state index in [-0.39, 0.29) is 18.4 Å². The lowest BCUT2D eigenvalue weighted by molar-refractivity contribution is -0.121. The maximum Gasteiger partial charge on any atom is 0.254 e. The van der Waals surface area contributed by atoms with E-state index < -0.39 is 0 Å². The molecule has 21 heavy (non-hydrogen) atoms. The zero-order valence-corrected chi connectivity index (χ0v) is 14.1. The molecule has 1 aromatic carbocycles. The molecule has 3 N–H and O–H groups in total. The van der Waals surface area contributed by atoms with Crippen LogP contribution in [-0.2, 0) is 4.79 Å². The van der Waals surface area contributed by atoms with E-state index in [9.17, 15) is 9.59 Å². The first-order chi connectivity index (χ1) is 9.99. The van der Waals surface area contributed by atoms with Crippen LogP contribution in [0.25, 0.3) is 0 Å². The number of halogens is 1. The van der Waals surface area contributed by atoms with Crippen molar-refractivity contribution in [1.82, 2.24) is 10.2 Å². The average Bonchev–Trinajstić information content (AvgIpc) is 2.46. The van der Waals surface area contributed by atoms with Crippen LogP contribution in [-0.4, -0.2) is 36.3 Å². The fourth-order valence-corrected chi connectivity index (χ4v) is 2.24. The number of nitrogen functional groups attached to an aromatic ring is 1. The maximum absolute atomic E-state index is 12.5. The fourth-order valence-electron chi connectivity index (χ4n) is 1.86. The molecule has 0 fully saturated rings. The van der Waals surface area contributed by atoms with Gasteiger partial charge in [0.2, 0.25) is 5.91 Å². The Kier molecular flexibility index (Phi) is 7.22. The van der Waals surface area contributed by atoms with Crippen molar-refractivity contribution in [2.75, 3.05) is 25.4 Å². The quantitative estimate of drug-likeness (QED) is 0.737. The van der Waals surface area contributed by atoms with E-state index >= 15 is 0 Å². The predicted octanol–water partition coefficient (Wildman–Crippen LogP) is 2.41. The van der Waals surface area contributed by atoms with Crippen molar-refractivity contribution in [1.29, 1.82) is 0 Å². The van der Waals surface area contributed by atoms with Gasteiger partial charge in [-0.15, -0.1) is 0 Å². The smallest absolute Gasteiger partial charge is 0.254 e. The molecule has 0 radical (unpaired) electrons. The Labute approximate surface area is 134 Å². The standard InChI is InChI=1S/C15H22BrN3O2/c1-3-7-18-14(20)10-19(8-4-2)15(21)11-5-6-13(17)12(16)9-11/h5-6,9H,3-4,7-8,10,17H2,1-2H3,(H,18,20). The molecule has 0 aliphatic heterocycles. The molecule has 0 aromatic heterocycles. The molecule has 5 nitrogen and oxygen atoms in total. The van der Waals surface area contributed by atoms with Crippen molar-refractivity contribution in [2.45, 2.75) is 26.7 Å². The summed E-state index contributed by atoms with van der Waals surface area (Å²) in [6, 6.07) is 5.04. The molecule has 0 aliphatic rings. The Morgan fingerprint density at radius 1 is 1.29 bits per heavy atom. The van der Waals surface area contributed by atoms with E-state index in [0.717, 1.165) is 12.8 Å². The Hall–Kier alpha value is -1.56. The normalized spacial score (nSPS) is 10.2. The Balaban J connectivity index is 2.81. The molecular formula is C15H22BrN3O2. The van der Waals surface area contributed by atoms with Crippen LogP contribution in [0, 0.1) is 0 Å². The molecule has 0 unspecified atom stereocenters. The van der Waals surface area contributed by atoms with Crippen LogP contribution in [0.5, 0.6) is 0 Å². The van der Waals surface area contributed by atoms with E-state index in [1.54, 1.807) is 23.1 Å². The monoisotopic (exact) mass is 355 g/mol. The van der Waals surface area contributed by atoms with Gasteiger partial charge in [-0.3, -0.25) is 9.59 Å². The first-order valence-electron chi connectivity index (χ1n) is 7.10. The van der Waals surface area contributed by atoms with Gasteiger partial charge in [-0.1, -0.05) is 13.8 Å². The molecule has 0 atom stereocenters. The summed E-state index contributed by atoms with van der Waals surface area (Å²) >= 11 is 3.31. The first kappa shape index (κ1) is 17.5. The summed E-state index contributed by atoms with van der Waals surface area (Å²) in [5.41, 5.74) is 6.82. The van der Waals surface area contributed by atoms with Crippen LogP contribution < -0.4 is 11.1 Å². The molecule has 2 amide bonds. The van der Waals surface area contributed by atoms with Crippen molar-refractivity contribution in [2.24, 2.45) is 0 Å². The lowest BCUT2D eigenvalue weighted by Crippen LogP contribution is -2.41. The summed E-state index contributed by atoms with van der Waals surface area (Å²) in [4.78, 5) is 25.9. The minimum atomic E-state index is -0.163. The second kappa shape index (κ2) is 8.67. The summed E-state index contributed by atoms with van der Waals surface area (Å²) in [5, 5.41) is 2.79. The summed E-state index contributed by atoms with van der Waals surface area (Å²) in [6.45, 7) is 5.21. The molecule has 0 saturated carbocycles. The number of nitrogens with one attached hydrogen (secondary N) is 1. The number of rotatable bonds is 7. The van der Waals surface area contributed by atoms with Crippen LogP contribution in [0.1, 0.15) is 37.0 Å². The summed E-state index contributed by atoms with van der Waals surface area (Å²) < 4.78 is 0.681. The third-order valence-electron chi connectivity index (χ3n) is 2.93. The minimum absolute atomic E-state index is 0.0780. The Morgan fingerprint density at radius 2 is 2.00 bits per heavy atom. The van der Waals surface area contributed by atoms with Crippen LogP contribution in [0.2, 0.25) is 0 Å². The zero-order chi connectivity index (χ0) is 15.8. The van der Waals surface area contributed by atoms with E-state index in [0.29, 0.717) is 28.8 Å². The van der Waals surface area contributed by atoms with E-state index in [4.69, 9.17) is 5.73 Å². The van der Waals surface area contributed by atoms with Crippen LogP contribution in [0.15, 0.2) is 22.7 Å². The topological polar surface area (TPSA) is 75.4 Å². The molecule has 0 aliphatic carbocycles. The molecule has 0 heterocycles. The Morgan fingerprint density at radius 3 is 2.57 bits per heavy atom. The van der Waals surface area contributed by atoms with Gasteiger partial charge in [-0.05, 0) is 47.0 Å². The molecule has 6 heteroatoms. The third kappa shape index (κ3) is 5.38. The van der Waals surface area contributed by atoms with Crippen molar-refractivity contribution >= 4 is 33.4 Å². The molecule has 1 aromatic rings. The van der Waals surface area contributed by atoms with Gasteiger partial charge in [0, 0.05) is 28.8 Å². The number of nitrogens with zero attached hydrogens (tertiary/aromatic N) is 1. The first-order valence-corrected chi connectivity index (χ1v) is 7.89. The summed E-state index contributed by atoms with van der Waals surface area (Å²) in [6.07, 6.45) is 1.67. The summed E-state index contributed by atoms with van der Waals surface area (Å²) in [5.74, 6) is -0.294. The van der Waals surface area contributed by atoms with Crippen molar-refractivity contribution < 1.29 is 9.59 Å². The second-order valence-electron chi connectivity index (χ2n) is 4.81. The minimum Gasteiger partial charge on any atom is -0.398 e. The van der Waals surface area contributed by atoms with Gasteiger partial charge >= 0.3 is 0 Å². The van der Waals surface area contributed by atoms with Gasteiger partial charge in [0.25, 0.3) is 5.91 Å². The maximum atomic E-state index is 12.5.